The van der Waals surface area contributed by atoms with Crippen LogP contribution in [-0.4, -0.2) is 24.7 Å². The minimum absolute atomic E-state index is 0.132. The van der Waals surface area contributed by atoms with E-state index in [4.69, 9.17) is 16.3 Å². The number of hydrogen-bond acceptors (Lipinski definition) is 4. The van der Waals surface area contributed by atoms with E-state index < -0.39 is 22.7 Å². The number of hydrogen-bond donors (Lipinski definition) is 2. The van der Waals surface area contributed by atoms with Gasteiger partial charge in [0.2, 0.25) is 11.8 Å². The summed E-state index contributed by atoms with van der Waals surface area (Å²) in [4.78, 5) is 23.6. The first-order chi connectivity index (χ1) is 13.1. The minimum atomic E-state index is -4.58. The molecular formula is C18H16ClF3N2O3S. The van der Waals surface area contributed by atoms with Gasteiger partial charge >= 0.3 is 6.18 Å². The highest BCUT2D eigenvalue weighted by atomic mass is 35.5. The fourth-order valence-corrected chi connectivity index (χ4v) is 3.19. The van der Waals surface area contributed by atoms with Gasteiger partial charge in [-0.2, -0.15) is 13.2 Å². The number of carbonyl (C=O) groups excluding carboxylic acids is 2. The lowest BCUT2D eigenvalue weighted by Gasteiger charge is -2.13. The second kappa shape index (κ2) is 9.20. The molecule has 0 aromatic heterocycles. The summed E-state index contributed by atoms with van der Waals surface area (Å²) in [6.07, 6.45) is -4.58. The summed E-state index contributed by atoms with van der Waals surface area (Å²) in [5, 5.41) is 4.80. The third-order valence-corrected chi connectivity index (χ3v) is 4.73. The van der Waals surface area contributed by atoms with Crippen LogP contribution >= 0.6 is 23.4 Å². The van der Waals surface area contributed by atoms with Gasteiger partial charge in [-0.25, -0.2) is 0 Å². The maximum absolute atomic E-state index is 12.9. The van der Waals surface area contributed by atoms with Crippen molar-refractivity contribution in [2.45, 2.75) is 18.0 Å². The molecule has 0 radical (unpaired) electrons. The summed E-state index contributed by atoms with van der Waals surface area (Å²) in [5.74, 6) is -0.488. The molecule has 0 fully saturated rings. The standard InChI is InChI=1S/C18H16ClF3N2O3S/c1-10(25)23-11-3-6-16(27-2)15(7-11)24-17(26)9-28-12-4-5-14(19)13(8-12)18(20,21)22/h3-8H,9H2,1-2H3,(H,23,25)(H,24,26). The lowest BCUT2D eigenvalue weighted by atomic mass is 10.2. The molecule has 0 aliphatic carbocycles. The van der Waals surface area contributed by atoms with Crippen molar-refractivity contribution in [3.63, 3.8) is 0 Å². The van der Waals surface area contributed by atoms with Crippen LogP contribution < -0.4 is 15.4 Å². The second-order valence-electron chi connectivity index (χ2n) is 5.57. The molecule has 0 saturated carbocycles. The first kappa shape index (κ1) is 21.9. The molecule has 0 heterocycles. The molecule has 150 valence electrons. The fraction of sp³-hybridized carbons (Fsp3) is 0.222. The Morgan fingerprint density at radius 2 is 1.86 bits per heavy atom. The van der Waals surface area contributed by atoms with Crippen molar-refractivity contribution in [1.82, 2.24) is 0 Å². The van der Waals surface area contributed by atoms with Gasteiger partial charge in [-0.1, -0.05) is 11.6 Å². The van der Waals surface area contributed by atoms with E-state index in [0.29, 0.717) is 17.1 Å². The number of ether oxygens (including phenoxy) is 1. The van der Waals surface area contributed by atoms with Gasteiger partial charge in [0.05, 0.1) is 29.1 Å². The first-order valence-electron chi connectivity index (χ1n) is 7.85. The van der Waals surface area contributed by atoms with Crippen LogP contribution in [0, 0.1) is 0 Å². The molecule has 0 unspecified atom stereocenters. The molecule has 5 nitrogen and oxygen atoms in total. The van der Waals surface area contributed by atoms with Crippen molar-refractivity contribution in [2.75, 3.05) is 23.5 Å². The molecule has 28 heavy (non-hydrogen) atoms. The summed E-state index contributed by atoms with van der Waals surface area (Å²) in [6, 6.07) is 8.16. The quantitative estimate of drug-likeness (QED) is 0.626. The first-order valence-corrected chi connectivity index (χ1v) is 9.21. The Morgan fingerprint density at radius 1 is 1.14 bits per heavy atom. The van der Waals surface area contributed by atoms with Crippen LogP contribution in [0.5, 0.6) is 5.75 Å². The van der Waals surface area contributed by atoms with Crippen molar-refractivity contribution in [3.8, 4) is 5.75 Å². The lowest BCUT2D eigenvalue weighted by molar-refractivity contribution is -0.137. The number of halogens is 4. The van der Waals surface area contributed by atoms with Crippen LogP contribution in [0.1, 0.15) is 12.5 Å². The molecular weight excluding hydrogens is 417 g/mol. The zero-order valence-corrected chi connectivity index (χ0v) is 16.4. The van der Waals surface area contributed by atoms with Crippen LogP contribution in [-0.2, 0) is 15.8 Å². The molecule has 0 aliphatic rings. The predicted octanol–water partition coefficient (Wildman–Crippen LogP) is 5.06. The summed E-state index contributed by atoms with van der Waals surface area (Å²) in [5.41, 5.74) is -0.167. The number of nitrogens with one attached hydrogen (secondary N) is 2. The average molecular weight is 433 g/mol. The van der Waals surface area contributed by atoms with E-state index in [1.54, 1.807) is 12.1 Å². The van der Waals surface area contributed by atoms with E-state index in [2.05, 4.69) is 10.6 Å². The number of thioether (sulfide) groups is 1. The third-order valence-electron chi connectivity index (χ3n) is 3.41. The summed E-state index contributed by atoms with van der Waals surface area (Å²) in [6.45, 7) is 1.35. The molecule has 0 atom stereocenters. The van der Waals surface area contributed by atoms with Gasteiger partial charge in [0.25, 0.3) is 0 Å². The molecule has 2 amide bonds. The highest BCUT2D eigenvalue weighted by molar-refractivity contribution is 8.00. The predicted molar refractivity (Wildman–Crippen MR) is 103 cm³/mol. The van der Waals surface area contributed by atoms with Crippen LogP contribution in [0.2, 0.25) is 5.02 Å². The van der Waals surface area contributed by atoms with Crippen molar-refractivity contribution < 1.29 is 27.5 Å². The van der Waals surface area contributed by atoms with Gasteiger partial charge < -0.3 is 15.4 Å². The van der Waals surface area contributed by atoms with Gasteiger partial charge in [0.15, 0.2) is 0 Å². The minimum Gasteiger partial charge on any atom is -0.495 e. The molecule has 2 aromatic rings. The van der Waals surface area contributed by atoms with E-state index >= 15 is 0 Å². The molecule has 2 rings (SSSR count). The number of rotatable bonds is 6. The second-order valence-corrected chi connectivity index (χ2v) is 7.03. The van der Waals surface area contributed by atoms with E-state index in [9.17, 15) is 22.8 Å². The van der Waals surface area contributed by atoms with E-state index in [1.165, 1.54) is 26.2 Å². The van der Waals surface area contributed by atoms with E-state index in [0.717, 1.165) is 23.9 Å². The molecule has 10 heteroatoms. The van der Waals surface area contributed by atoms with Gasteiger partial charge in [-0.15, -0.1) is 11.8 Å². The Morgan fingerprint density at radius 3 is 2.46 bits per heavy atom. The summed E-state index contributed by atoms with van der Waals surface area (Å²) in [7, 11) is 1.42. The van der Waals surface area contributed by atoms with Gasteiger partial charge in [-0.3, -0.25) is 9.59 Å². The molecule has 0 aliphatic heterocycles. The van der Waals surface area contributed by atoms with Crippen LogP contribution in [0.25, 0.3) is 0 Å². The number of carbonyl (C=O) groups is 2. The zero-order valence-electron chi connectivity index (χ0n) is 14.8. The number of benzene rings is 2. The Balaban J connectivity index is 2.08. The largest absolute Gasteiger partial charge is 0.495 e. The SMILES string of the molecule is COc1ccc(NC(C)=O)cc1NC(=O)CSc1ccc(Cl)c(C(F)(F)F)c1. The van der Waals surface area contributed by atoms with Crippen LogP contribution in [0.3, 0.4) is 0 Å². The maximum atomic E-state index is 12.9. The number of amides is 2. The molecule has 0 saturated heterocycles. The van der Waals surface area contributed by atoms with E-state index in [1.807, 2.05) is 0 Å². The van der Waals surface area contributed by atoms with E-state index in [-0.39, 0.29) is 16.6 Å². The van der Waals surface area contributed by atoms with Crippen molar-refractivity contribution in [1.29, 1.82) is 0 Å². The highest BCUT2D eigenvalue weighted by Crippen LogP contribution is 2.37. The Hall–Kier alpha value is -2.39. The maximum Gasteiger partial charge on any atom is 0.417 e. The van der Waals surface area contributed by atoms with Gasteiger partial charge in [0, 0.05) is 17.5 Å². The van der Waals surface area contributed by atoms with Gasteiger partial charge in [-0.05, 0) is 36.4 Å². The van der Waals surface area contributed by atoms with Crippen LogP contribution in [0.4, 0.5) is 24.5 Å². The summed E-state index contributed by atoms with van der Waals surface area (Å²) >= 11 is 6.52. The molecule has 2 N–H and O–H groups in total. The van der Waals surface area contributed by atoms with Crippen LogP contribution in [0.15, 0.2) is 41.3 Å². The zero-order chi connectivity index (χ0) is 20.9. The van der Waals surface area contributed by atoms with Crippen molar-refractivity contribution in [2.24, 2.45) is 0 Å². The number of anilines is 2. The molecule has 0 bridgehead atoms. The third kappa shape index (κ3) is 6.07. The summed E-state index contributed by atoms with van der Waals surface area (Å²) < 4.78 is 43.9. The Kier molecular flexibility index (Phi) is 7.20. The van der Waals surface area contributed by atoms with Crippen molar-refractivity contribution >= 4 is 46.6 Å². The number of methoxy groups -OCH3 is 1. The molecule has 0 spiro atoms. The fourth-order valence-electron chi connectivity index (χ4n) is 2.23. The smallest absolute Gasteiger partial charge is 0.417 e. The Labute approximate surface area is 168 Å². The Bertz CT molecular complexity index is 891. The highest BCUT2D eigenvalue weighted by Gasteiger charge is 2.33. The monoisotopic (exact) mass is 432 g/mol. The van der Waals surface area contributed by atoms with Gasteiger partial charge in [0.1, 0.15) is 5.75 Å². The number of alkyl halides is 3. The lowest BCUT2D eigenvalue weighted by Crippen LogP contribution is -2.15. The molecule has 2 aromatic carbocycles. The average Bonchev–Trinajstić information content (AvgIpc) is 2.60. The normalized spacial score (nSPS) is 11.1. The van der Waals surface area contributed by atoms with Crippen molar-refractivity contribution in [3.05, 3.63) is 47.0 Å². The topological polar surface area (TPSA) is 67.4 Å².